The van der Waals surface area contributed by atoms with Gasteiger partial charge in [-0.1, -0.05) is 6.07 Å². The quantitative estimate of drug-likeness (QED) is 0.518. The Hall–Kier alpha value is -1.56. The first-order valence-corrected chi connectivity index (χ1v) is 8.00. The van der Waals surface area contributed by atoms with Gasteiger partial charge in [0.2, 0.25) is 0 Å². The molecule has 6 heteroatoms. The summed E-state index contributed by atoms with van der Waals surface area (Å²) >= 11 is 0. The van der Waals surface area contributed by atoms with Gasteiger partial charge in [-0.2, -0.15) is 13.0 Å². The van der Waals surface area contributed by atoms with E-state index in [0.717, 1.165) is 37.8 Å². The summed E-state index contributed by atoms with van der Waals surface area (Å²) < 4.78 is 29.3. The largest absolute Gasteiger partial charge is 0.460 e. The molecule has 0 unspecified atom stereocenters. The predicted molar refractivity (Wildman–Crippen MR) is 72.6 cm³/mol. The van der Waals surface area contributed by atoms with Crippen molar-refractivity contribution in [2.75, 3.05) is 19.3 Å². The lowest BCUT2D eigenvalue weighted by Crippen LogP contribution is -2.20. The van der Waals surface area contributed by atoms with E-state index in [1.807, 2.05) is 11.5 Å². The Morgan fingerprint density at radius 2 is 1.95 bits per heavy atom. The van der Waals surface area contributed by atoms with Crippen molar-refractivity contribution in [3.8, 4) is 5.75 Å². The van der Waals surface area contributed by atoms with Gasteiger partial charge in [-0.15, -0.1) is 0 Å². The molecule has 0 aliphatic carbocycles. The topological polar surface area (TPSA) is 66.6 Å². The molecule has 0 amide bonds. The molecule has 1 aliphatic heterocycles. The van der Waals surface area contributed by atoms with Gasteiger partial charge in [0.05, 0.1) is 6.26 Å². The number of aliphatic hydroxyl groups excluding tert-OH is 1. The molecule has 0 aromatic heterocycles. The standard InChI is InChI=1S/C13H17NO4S/c1-10-5-6-12(18-19(2,16)17)11(9-10)13(15)14-7-3-4-8-14/h5-6,9H,3-4,7-8H2,1-2H3/p+1. The molecule has 0 bridgehead atoms. The summed E-state index contributed by atoms with van der Waals surface area (Å²) in [4.78, 5) is 0. The van der Waals surface area contributed by atoms with Crippen molar-refractivity contribution in [3.05, 3.63) is 29.3 Å². The molecular weight excluding hydrogens is 266 g/mol. The van der Waals surface area contributed by atoms with Crippen LogP contribution < -0.4 is 4.18 Å². The summed E-state index contributed by atoms with van der Waals surface area (Å²) in [6.45, 7) is 3.43. The van der Waals surface area contributed by atoms with Crippen LogP contribution in [-0.2, 0) is 10.1 Å². The molecule has 0 radical (unpaired) electrons. The van der Waals surface area contributed by atoms with E-state index in [-0.39, 0.29) is 11.6 Å². The highest BCUT2D eigenvalue weighted by Gasteiger charge is 2.24. The zero-order valence-electron chi connectivity index (χ0n) is 11.1. The molecule has 1 aromatic carbocycles. The SMILES string of the molecule is Cc1ccc(OS(C)(=O)=O)c(C(O)=[N+]2CCCC2)c1. The maximum Gasteiger partial charge on any atom is 0.371 e. The maximum atomic E-state index is 11.3. The fraction of sp³-hybridized carbons (Fsp3) is 0.462. The first-order chi connectivity index (χ1) is 8.87. The number of benzene rings is 1. The number of nitrogens with zero attached hydrogens (tertiary/aromatic N) is 1. The van der Waals surface area contributed by atoms with Crippen LogP contribution in [0.4, 0.5) is 0 Å². The molecule has 5 nitrogen and oxygen atoms in total. The van der Waals surface area contributed by atoms with Crippen LogP contribution in [0.25, 0.3) is 0 Å². The van der Waals surface area contributed by atoms with Gasteiger partial charge in [0, 0.05) is 12.8 Å². The van der Waals surface area contributed by atoms with Gasteiger partial charge in [-0.05, 0) is 24.6 Å². The molecular formula is C13H18NO4S+. The second-order valence-electron chi connectivity index (χ2n) is 4.80. The molecule has 2 rings (SSSR count). The van der Waals surface area contributed by atoms with E-state index in [1.165, 1.54) is 0 Å². The Morgan fingerprint density at radius 1 is 1.32 bits per heavy atom. The first-order valence-electron chi connectivity index (χ1n) is 6.18. The first kappa shape index (κ1) is 13.9. The molecule has 1 heterocycles. The number of hydrogen-bond acceptors (Lipinski definition) is 3. The highest BCUT2D eigenvalue weighted by atomic mass is 32.2. The van der Waals surface area contributed by atoms with Gasteiger partial charge < -0.3 is 9.29 Å². The molecule has 19 heavy (non-hydrogen) atoms. The van der Waals surface area contributed by atoms with Gasteiger partial charge in [0.1, 0.15) is 18.7 Å². The van der Waals surface area contributed by atoms with Crippen molar-refractivity contribution in [2.24, 2.45) is 0 Å². The fourth-order valence-electron chi connectivity index (χ4n) is 2.15. The van der Waals surface area contributed by atoms with Gasteiger partial charge >= 0.3 is 16.0 Å². The number of rotatable bonds is 3. The molecule has 1 fully saturated rings. The minimum absolute atomic E-state index is 0.0832. The molecule has 1 N–H and O–H groups in total. The monoisotopic (exact) mass is 284 g/mol. The summed E-state index contributed by atoms with van der Waals surface area (Å²) in [6, 6.07) is 5.05. The van der Waals surface area contributed by atoms with Crippen molar-refractivity contribution in [2.45, 2.75) is 19.8 Å². The van der Waals surface area contributed by atoms with Crippen molar-refractivity contribution in [1.82, 2.24) is 0 Å². The van der Waals surface area contributed by atoms with E-state index in [9.17, 15) is 13.5 Å². The Balaban J connectivity index is 2.48. The molecule has 1 aromatic rings. The summed E-state index contributed by atoms with van der Waals surface area (Å²) in [5, 5.41) is 10.3. The van der Waals surface area contributed by atoms with E-state index in [4.69, 9.17) is 4.18 Å². The summed E-state index contributed by atoms with van der Waals surface area (Å²) in [7, 11) is -3.61. The third-order valence-corrected chi connectivity index (χ3v) is 3.51. The lowest BCUT2D eigenvalue weighted by Gasteiger charge is -2.08. The lowest BCUT2D eigenvalue weighted by atomic mass is 10.1. The summed E-state index contributed by atoms with van der Waals surface area (Å²) in [5.41, 5.74) is 1.36. The highest BCUT2D eigenvalue weighted by molar-refractivity contribution is 7.86. The average Bonchev–Trinajstić information content (AvgIpc) is 2.82. The predicted octanol–water partition coefficient (Wildman–Crippen LogP) is 1.44. The van der Waals surface area contributed by atoms with E-state index in [0.29, 0.717) is 5.56 Å². The number of aliphatic hydroxyl groups is 1. The van der Waals surface area contributed by atoms with Crippen LogP contribution in [0.2, 0.25) is 0 Å². The van der Waals surface area contributed by atoms with Crippen LogP contribution in [0.15, 0.2) is 18.2 Å². The van der Waals surface area contributed by atoms with Gasteiger partial charge in [-0.25, -0.2) is 0 Å². The van der Waals surface area contributed by atoms with Crippen molar-refractivity contribution >= 4 is 16.0 Å². The summed E-state index contributed by atoms with van der Waals surface area (Å²) in [5.74, 6) is 0.248. The third kappa shape index (κ3) is 3.47. The zero-order chi connectivity index (χ0) is 14.0. The van der Waals surface area contributed by atoms with Crippen LogP contribution in [0.5, 0.6) is 5.75 Å². The molecule has 0 saturated carbocycles. The number of aryl methyl sites for hydroxylation is 1. The van der Waals surface area contributed by atoms with Crippen LogP contribution in [0.1, 0.15) is 24.0 Å². The van der Waals surface area contributed by atoms with Crippen molar-refractivity contribution in [3.63, 3.8) is 0 Å². The van der Waals surface area contributed by atoms with Gasteiger partial charge in [-0.3, -0.25) is 0 Å². The van der Waals surface area contributed by atoms with Gasteiger partial charge in [0.25, 0.3) is 0 Å². The Morgan fingerprint density at radius 3 is 2.53 bits per heavy atom. The van der Waals surface area contributed by atoms with Crippen molar-refractivity contribution < 1.29 is 22.3 Å². The molecule has 104 valence electrons. The van der Waals surface area contributed by atoms with Crippen LogP contribution in [-0.4, -0.2) is 43.3 Å². The molecule has 0 atom stereocenters. The second-order valence-corrected chi connectivity index (χ2v) is 6.38. The minimum atomic E-state index is -3.61. The Labute approximate surface area is 113 Å². The van der Waals surface area contributed by atoms with E-state index < -0.39 is 10.1 Å². The number of hydrogen-bond donors (Lipinski definition) is 1. The normalized spacial score (nSPS) is 15.6. The smallest absolute Gasteiger partial charge is 0.371 e. The molecule has 1 aliphatic rings. The summed E-state index contributed by atoms with van der Waals surface area (Å²) in [6.07, 6.45) is 3.04. The molecule has 1 saturated heterocycles. The fourth-order valence-corrected chi connectivity index (χ4v) is 2.63. The maximum absolute atomic E-state index is 11.3. The lowest BCUT2D eigenvalue weighted by molar-refractivity contribution is -0.513. The second kappa shape index (κ2) is 5.21. The third-order valence-electron chi connectivity index (χ3n) is 3.02. The van der Waals surface area contributed by atoms with Crippen LogP contribution in [0, 0.1) is 6.92 Å². The molecule has 0 spiro atoms. The van der Waals surface area contributed by atoms with Crippen LogP contribution in [0.3, 0.4) is 0 Å². The zero-order valence-corrected chi connectivity index (χ0v) is 11.9. The van der Waals surface area contributed by atoms with Gasteiger partial charge in [0.15, 0.2) is 5.75 Å². The van der Waals surface area contributed by atoms with Crippen LogP contribution >= 0.6 is 0 Å². The minimum Gasteiger partial charge on any atom is -0.460 e. The Bertz CT molecular complexity index is 612. The Kier molecular flexibility index (Phi) is 3.80. The van der Waals surface area contributed by atoms with E-state index in [1.54, 1.807) is 18.2 Å². The van der Waals surface area contributed by atoms with E-state index >= 15 is 0 Å². The van der Waals surface area contributed by atoms with Crippen molar-refractivity contribution in [1.29, 1.82) is 0 Å². The highest BCUT2D eigenvalue weighted by Crippen LogP contribution is 2.22. The van der Waals surface area contributed by atoms with E-state index in [2.05, 4.69) is 0 Å². The average molecular weight is 284 g/mol.